The molecule has 1 saturated heterocycles. The van der Waals surface area contributed by atoms with Crippen molar-refractivity contribution in [3.8, 4) is 0 Å². The van der Waals surface area contributed by atoms with E-state index in [1.807, 2.05) is 27.0 Å². The molecule has 3 atom stereocenters. The highest BCUT2D eigenvalue weighted by molar-refractivity contribution is 8.22. The number of thioether (sulfide) groups is 1. The molecule has 1 heterocycles. The van der Waals surface area contributed by atoms with E-state index in [1.54, 1.807) is 0 Å². The van der Waals surface area contributed by atoms with E-state index in [1.165, 1.54) is 17.1 Å². The van der Waals surface area contributed by atoms with Crippen LogP contribution >= 0.6 is 24.0 Å². The van der Waals surface area contributed by atoms with Gasteiger partial charge in [0, 0.05) is 12.1 Å². The van der Waals surface area contributed by atoms with Crippen molar-refractivity contribution in [2.24, 2.45) is 5.92 Å². The van der Waals surface area contributed by atoms with Crippen LogP contribution in [0.3, 0.4) is 0 Å². The summed E-state index contributed by atoms with van der Waals surface area (Å²) in [4.78, 5) is 13.3. The molecule has 0 amide bonds. The molecule has 1 aliphatic rings. The van der Waals surface area contributed by atoms with Crippen LogP contribution in [0.5, 0.6) is 0 Å². The summed E-state index contributed by atoms with van der Waals surface area (Å²) in [5, 5.41) is 4.41. The van der Waals surface area contributed by atoms with Gasteiger partial charge in [-0.1, -0.05) is 68.1 Å². The number of thiocarbonyl (C=S) groups is 1. The molecule has 2 unspecified atom stereocenters. The van der Waals surface area contributed by atoms with Crippen LogP contribution in [0.2, 0.25) is 18.6 Å². The molecule has 3 rings (SSSR count). The van der Waals surface area contributed by atoms with Crippen LogP contribution in [0, 0.1) is 5.92 Å². The number of carbonyl (C=O) groups excluding carboxylic acids is 1. The molecule has 0 spiro atoms. The van der Waals surface area contributed by atoms with Crippen LogP contribution in [-0.4, -0.2) is 48.2 Å². The number of fused-ring (bicyclic) bond motifs is 1. The predicted molar refractivity (Wildman–Crippen MR) is 157 cm³/mol. The van der Waals surface area contributed by atoms with E-state index in [0.29, 0.717) is 4.38 Å². The van der Waals surface area contributed by atoms with Crippen LogP contribution in [0.15, 0.2) is 42.5 Å². The van der Waals surface area contributed by atoms with Crippen molar-refractivity contribution >= 4 is 53.4 Å². The molecule has 0 N–H and O–H groups in total. The Kier molecular flexibility index (Phi) is 9.66. The molecule has 0 bridgehead atoms. The topological polar surface area (TPSA) is 48.0 Å². The zero-order chi connectivity index (χ0) is 26.7. The largest absolute Gasteiger partial charge is 0.469 e. The highest BCUT2D eigenvalue weighted by Gasteiger charge is 2.48. The van der Waals surface area contributed by atoms with E-state index in [-0.39, 0.29) is 29.6 Å². The van der Waals surface area contributed by atoms with Gasteiger partial charge in [-0.2, -0.15) is 5.06 Å². The fourth-order valence-corrected chi connectivity index (χ4v) is 8.74. The first-order valence-corrected chi connectivity index (χ1v) is 17.4. The number of esters is 1. The second-order valence-corrected chi connectivity index (χ2v) is 16.8. The monoisotopic (exact) mass is 547 g/mol. The van der Waals surface area contributed by atoms with E-state index in [2.05, 4.69) is 74.5 Å². The lowest BCUT2D eigenvalue weighted by molar-refractivity contribution is -0.158. The van der Waals surface area contributed by atoms with Crippen molar-refractivity contribution in [2.75, 3.05) is 12.8 Å². The molecular formula is C28H41NO4S2Si. The highest BCUT2D eigenvalue weighted by Crippen LogP contribution is 2.40. The fourth-order valence-electron chi connectivity index (χ4n) is 5.26. The van der Waals surface area contributed by atoms with Gasteiger partial charge in [-0.15, -0.1) is 0 Å². The van der Waals surface area contributed by atoms with Crippen molar-refractivity contribution in [3.63, 3.8) is 0 Å². The summed E-state index contributed by atoms with van der Waals surface area (Å²) >= 11 is 6.97. The Bertz CT molecular complexity index is 1060. The first-order chi connectivity index (χ1) is 16.8. The van der Waals surface area contributed by atoms with Crippen molar-refractivity contribution in [1.82, 2.24) is 5.06 Å². The summed E-state index contributed by atoms with van der Waals surface area (Å²) in [6.07, 6.45) is 3.58. The van der Waals surface area contributed by atoms with Crippen molar-refractivity contribution in [1.29, 1.82) is 0 Å². The maximum atomic E-state index is 13.3. The molecule has 1 aliphatic heterocycles. The van der Waals surface area contributed by atoms with Crippen molar-refractivity contribution < 1.29 is 18.8 Å². The van der Waals surface area contributed by atoms with Gasteiger partial charge >= 0.3 is 5.97 Å². The van der Waals surface area contributed by atoms with Crippen LogP contribution in [0.1, 0.15) is 59.1 Å². The Morgan fingerprint density at radius 1 is 1.14 bits per heavy atom. The number of hydrogen-bond acceptors (Lipinski definition) is 7. The van der Waals surface area contributed by atoms with Gasteiger partial charge in [-0.05, 0) is 81.9 Å². The van der Waals surface area contributed by atoms with Gasteiger partial charge in [-0.3, -0.25) is 4.79 Å². The normalized spacial score (nSPS) is 18.9. The number of hydrogen-bond donors (Lipinski definition) is 0. The number of ether oxygens (including phenoxy) is 2. The molecule has 2 aromatic carbocycles. The molecule has 8 heteroatoms. The zero-order valence-corrected chi connectivity index (χ0v) is 25.5. The Labute approximate surface area is 227 Å². The molecule has 2 aromatic rings. The molecular weight excluding hydrogens is 507 g/mol. The van der Waals surface area contributed by atoms with Crippen molar-refractivity contribution in [3.05, 3.63) is 48.0 Å². The molecule has 1 fully saturated rings. The van der Waals surface area contributed by atoms with Gasteiger partial charge in [0.25, 0.3) is 0 Å². The molecule has 0 aromatic heterocycles. The SMILES string of the molecule is CSC(=S)OC(c1cccc2ccccc12)[C@@H]1CCCN1O[Si](C)(C)C(C(=O)OC(C)(C)C)C(C)C. The summed E-state index contributed by atoms with van der Waals surface area (Å²) in [5.74, 6) is -0.0629. The minimum Gasteiger partial charge on any atom is -0.469 e. The van der Waals surface area contributed by atoms with Crippen LogP contribution in [-0.2, 0) is 18.8 Å². The smallest absolute Gasteiger partial charge is 0.309 e. The van der Waals surface area contributed by atoms with E-state index in [4.69, 9.17) is 26.2 Å². The van der Waals surface area contributed by atoms with E-state index in [0.717, 1.165) is 30.3 Å². The molecule has 36 heavy (non-hydrogen) atoms. The van der Waals surface area contributed by atoms with Gasteiger partial charge < -0.3 is 14.0 Å². The van der Waals surface area contributed by atoms with Gasteiger partial charge in [0.2, 0.25) is 12.7 Å². The number of carbonyl (C=O) groups is 1. The fraction of sp³-hybridized carbons (Fsp3) is 0.571. The van der Waals surface area contributed by atoms with E-state index >= 15 is 0 Å². The maximum absolute atomic E-state index is 13.3. The number of hydroxylamine groups is 2. The minimum absolute atomic E-state index is 0.0147. The van der Waals surface area contributed by atoms with Gasteiger partial charge in [0.15, 0.2) is 0 Å². The number of nitrogens with zero attached hydrogens (tertiary/aromatic N) is 1. The average molecular weight is 548 g/mol. The molecule has 198 valence electrons. The highest BCUT2D eigenvalue weighted by atomic mass is 32.2. The molecule has 0 radical (unpaired) electrons. The first-order valence-electron chi connectivity index (χ1n) is 12.7. The lowest BCUT2D eigenvalue weighted by Crippen LogP contribution is -2.51. The molecule has 0 saturated carbocycles. The maximum Gasteiger partial charge on any atom is 0.309 e. The third-order valence-corrected chi connectivity index (χ3v) is 10.7. The first kappa shape index (κ1) is 29.1. The third kappa shape index (κ3) is 7.10. The van der Waals surface area contributed by atoms with Crippen LogP contribution in [0.4, 0.5) is 0 Å². The second-order valence-electron chi connectivity index (χ2n) is 11.4. The van der Waals surface area contributed by atoms with Crippen LogP contribution < -0.4 is 0 Å². The van der Waals surface area contributed by atoms with Gasteiger partial charge in [-0.25, -0.2) is 0 Å². The summed E-state index contributed by atoms with van der Waals surface area (Å²) in [6.45, 7) is 14.9. The number of benzene rings is 2. The number of rotatable bonds is 8. The van der Waals surface area contributed by atoms with Gasteiger partial charge in [0.05, 0.1) is 11.6 Å². The molecule has 5 nitrogen and oxygen atoms in total. The zero-order valence-electron chi connectivity index (χ0n) is 22.9. The summed E-state index contributed by atoms with van der Waals surface area (Å²) in [6, 6.07) is 14.7. The van der Waals surface area contributed by atoms with Crippen molar-refractivity contribution in [2.45, 2.75) is 83.8 Å². The van der Waals surface area contributed by atoms with E-state index in [9.17, 15) is 4.79 Å². The minimum atomic E-state index is -2.56. The summed E-state index contributed by atoms with van der Waals surface area (Å²) in [7, 11) is -2.56. The Morgan fingerprint density at radius 2 is 1.81 bits per heavy atom. The quantitative estimate of drug-likeness (QED) is 0.192. The Morgan fingerprint density at radius 3 is 2.44 bits per heavy atom. The predicted octanol–water partition coefficient (Wildman–Crippen LogP) is 7.51. The second kappa shape index (κ2) is 11.9. The summed E-state index contributed by atoms with van der Waals surface area (Å²) in [5.41, 5.74) is 0.283. The van der Waals surface area contributed by atoms with Crippen LogP contribution in [0.25, 0.3) is 10.8 Å². The Hall–Kier alpha value is -1.45. The lowest BCUT2D eigenvalue weighted by atomic mass is 9.95. The van der Waals surface area contributed by atoms with E-state index < -0.39 is 13.9 Å². The average Bonchev–Trinajstić information content (AvgIpc) is 3.22. The lowest BCUT2D eigenvalue weighted by Gasteiger charge is -2.40. The standard InChI is InChI=1S/C28H41NO4S2Si/c1-19(2)25(26(30)32-28(3,4)5)36(7,8)33-29-18-12-17-23(29)24(31-27(34)35-6)22-16-11-14-20-13-9-10-15-21(20)22/h9-11,13-16,19,23-25H,12,17-18H2,1-8H3/t23-,24?,25?/m0/s1. The Balaban J connectivity index is 1.94. The molecule has 0 aliphatic carbocycles. The third-order valence-electron chi connectivity index (χ3n) is 6.55. The van der Waals surface area contributed by atoms with Gasteiger partial charge in [0.1, 0.15) is 11.7 Å². The summed E-state index contributed by atoms with van der Waals surface area (Å²) < 4.78 is 19.6.